The SMILES string of the molecule is Nn1cc(Nc2ncc3ccncc3n2)cn1. The van der Waals surface area contributed by atoms with E-state index in [1.54, 1.807) is 31.0 Å². The first-order valence-electron chi connectivity index (χ1n) is 4.95. The van der Waals surface area contributed by atoms with Gasteiger partial charge in [0.2, 0.25) is 5.95 Å². The van der Waals surface area contributed by atoms with Gasteiger partial charge in [-0.05, 0) is 6.07 Å². The molecule has 84 valence electrons. The highest BCUT2D eigenvalue weighted by Crippen LogP contribution is 2.14. The molecular formula is C10H9N7. The number of aromatic nitrogens is 5. The van der Waals surface area contributed by atoms with Crippen LogP contribution in [-0.2, 0) is 0 Å². The van der Waals surface area contributed by atoms with Crippen LogP contribution in [0, 0.1) is 0 Å². The Hall–Kier alpha value is -2.70. The fourth-order valence-corrected chi connectivity index (χ4v) is 1.47. The van der Waals surface area contributed by atoms with Crippen molar-refractivity contribution in [2.45, 2.75) is 0 Å². The van der Waals surface area contributed by atoms with Crippen molar-refractivity contribution in [3.63, 3.8) is 0 Å². The van der Waals surface area contributed by atoms with E-state index >= 15 is 0 Å². The summed E-state index contributed by atoms with van der Waals surface area (Å²) in [5, 5.41) is 7.79. The molecule has 0 aliphatic rings. The number of rotatable bonds is 2. The third kappa shape index (κ3) is 1.85. The summed E-state index contributed by atoms with van der Waals surface area (Å²) in [5.41, 5.74) is 1.51. The molecule has 0 aromatic carbocycles. The van der Waals surface area contributed by atoms with Gasteiger partial charge in [0.15, 0.2) is 0 Å². The fourth-order valence-electron chi connectivity index (χ4n) is 1.47. The molecule has 0 unspecified atom stereocenters. The lowest BCUT2D eigenvalue weighted by Crippen LogP contribution is -2.07. The molecule has 0 saturated carbocycles. The van der Waals surface area contributed by atoms with Crippen molar-refractivity contribution >= 4 is 22.5 Å². The Morgan fingerprint density at radius 1 is 1.24 bits per heavy atom. The summed E-state index contributed by atoms with van der Waals surface area (Å²) >= 11 is 0. The number of nitrogens with two attached hydrogens (primary N) is 1. The summed E-state index contributed by atoms with van der Waals surface area (Å²) in [4.78, 5) is 13.7. The molecule has 0 amide bonds. The summed E-state index contributed by atoms with van der Waals surface area (Å²) in [6, 6.07) is 1.86. The molecular weight excluding hydrogens is 218 g/mol. The van der Waals surface area contributed by atoms with Crippen molar-refractivity contribution in [1.82, 2.24) is 24.8 Å². The fraction of sp³-hybridized carbons (Fsp3) is 0. The van der Waals surface area contributed by atoms with Gasteiger partial charge in [-0.3, -0.25) is 4.98 Å². The number of nitrogens with one attached hydrogen (secondary N) is 1. The molecule has 3 rings (SSSR count). The maximum atomic E-state index is 5.44. The van der Waals surface area contributed by atoms with Crippen LogP contribution < -0.4 is 11.2 Å². The number of pyridine rings is 1. The Balaban J connectivity index is 1.95. The third-order valence-electron chi connectivity index (χ3n) is 2.24. The van der Waals surface area contributed by atoms with Gasteiger partial charge in [0.1, 0.15) is 0 Å². The summed E-state index contributed by atoms with van der Waals surface area (Å²) in [6.45, 7) is 0. The number of hydrogen-bond acceptors (Lipinski definition) is 6. The van der Waals surface area contributed by atoms with Crippen LogP contribution in [0.15, 0.2) is 37.1 Å². The zero-order valence-corrected chi connectivity index (χ0v) is 8.78. The number of fused-ring (bicyclic) bond motifs is 1. The molecule has 0 atom stereocenters. The van der Waals surface area contributed by atoms with Crippen LogP contribution in [0.25, 0.3) is 10.9 Å². The molecule has 0 aliphatic carbocycles. The van der Waals surface area contributed by atoms with E-state index in [0.29, 0.717) is 5.95 Å². The summed E-state index contributed by atoms with van der Waals surface area (Å²) in [7, 11) is 0. The van der Waals surface area contributed by atoms with Crippen molar-refractivity contribution in [3.05, 3.63) is 37.1 Å². The van der Waals surface area contributed by atoms with Gasteiger partial charge >= 0.3 is 0 Å². The highest BCUT2D eigenvalue weighted by atomic mass is 15.5. The highest BCUT2D eigenvalue weighted by Gasteiger charge is 2.01. The van der Waals surface area contributed by atoms with E-state index in [2.05, 4.69) is 25.4 Å². The number of nitrogen functional groups attached to an aromatic ring is 1. The first kappa shape index (κ1) is 9.52. The molecule has 0 radical (unpaired) electrons. The number of nitrogens with zero attached hydrogens (tertiary/aromatic N) is 5. The molecule has 7 heteroatoms. The molecule has 0 spiro atoms. The molecule has 0 bridgehead atoms. The molecule has 17 heavy (non-hydrogen) atoms. The average molecular weight is 227 g/mol. The van der Waals surface area contributed by atoms with E-state index < -0.39 is 0 Å². The van der Waals surface area contributed by atoms with Crippen molar-refractivity contribution < 1.29 is 0 Å². The molecule has 3 aromatic rings. The Bertz CT molecular complexity index is 660. The first-order chi connectivity index (χ1) is 8.31. The van der Waals surface area contributed by atoms with Gasteiger partial charge in [0.05, 0.1) is 29.8 Å². The number of anilines is 2. The topological polar surface area (TPSA) is 94.5 Å². The maximum Gasteiger partial charge on any atom is 0.227 e. The lowest BCUT2D eigenvalue weighted by molar-refractivity contribution is 0.832. The second-order valence-electron chi connectivity index (χ2n) is 3.46. The monoisotopic (exact) mass is 227 g/mol. The smallest absolute Gasteiger partial charge is 0.227 e. The quantitative estimate of drug-likeness (QED) is 0.625. The molecule has 3 N–H and O–H groups in total. The van der Waals surface area contributed by atoms with Crippen LogP contribution in [-0.4, -0.2) is 24.8 Å². The Labute approximate surface area is 96.3 Å². The Morgan fingerprint density at radius 2 is 2.18 bits per heavy atom. The Kier molecular flexibility index (Phi) is 2.08. The van der Waals surface area contributed by atoms with Crippen molar-refractivity contribution in [1.29, 1.82) is 0 Å². The van der Waals surface area contributed by atoms with Crippen LogP contribution in [0.1, 0.15) is 0 Å². The van der Waals surface area contributed by atoms with Crippen LogP contribution in [0.2, 0.25) is 0 Å². The summed E-state index contributed by atoms with van der Waals surface area (Å²) in [6.07, 6.45) is 8.36. The second-order valence-corrected chi connectivity index (χ2v) is 3.46. The van der Waals surface area contributed by atoms with Crippen LogP contribution in [0.3, 0.4) is 0 Å². The molecule has 0 fully saturated rings. The maximum absolute atomic E-state index is 5.44. The highest BCUT2D eigenvalue weighted by molar-refractivity contribution is 5.77. The predicted molar refractivity (Wildman–Crippen MR) is 63.0 cm³/mol. The molecule has 0 saturated heterocycles. The summed E-state index contributed by atoms with van der Waals surface area (Å²) < 4.78 is 0. The van der Waals surface area contributed by atoms with Crippen LogP contribution in [0.4, 0.5) is 11.6 Å². The lowest BCUT2D eigenvalue weighted by atomic mass is 10.3. The van der Waals surface area contributed by atoms with Gasteiger partial charge in [-0.1, -0.05) is 0 Å². The minimum Gasteiger partial charge on any atom is -0.323 e. The van der Waals surface area contributed by atoms with Gasteiger partial charge in [0, 0.05) is 17.8 Å². The molecule has 3 aromatic heterocycles. The Morgan fingerprint density at radius 3 is 3.00 bits per heavy atom. The van der Waals surface area contributed by atoms with Gasteiger partial charge in [-0.2, -0.15) is 9.89 Å². The van der Waals surface area contributed by atoms with Crippen LogP contribution in [0.5, 0.6) is 0 Å². The minimum atomic E-state index is 0.485. The van der Waals surface area contributed by atoms with Crippen molar-refractivity contribution in [2.75, 3.05) is 11.2 Å². The van der Waals surface area contributed by atoms with Gasteiger partial charge < -0.3 is 11.2 Å². The van der Waals surface area contributed by atoms with Crippen LogP contribution >= 0.6 is 0 Å². The zero-order valence-electron chi connectivity index (χ0n) is 8.78. The third-order valence-corrected chi connectivity index (χ3v) is 2.24. The standard InChI is InChI=1S/C10H9N7/c11-17-6-8(4-14-17)15-10-13-3-7-1-2-12-5-9(7)16-10/h1-6H,11H2,(H,13,15,16). The largest absolute Gasteiger partial charge is 0.323 e. The minimum absolute atomic E-state index is 0.485. The average Bonchev–Trinajstić information content (AvgIpc) is 2.75. The second kappa shape index (κ2) is 3.71. The van der Waals surface area contributed by atoms with Gasteiger partial charge in [-0.15, -0.1) is 0 Å². The van der Waals surface area contributed by atoms with Gasteiger partial charge in [-0.25, -0.2) is 9.97 Å². The molecule has 0 aliphatic heterocycles. The number of hydrogen-bond donors (Lipinski definition) is 2. The van der Waals surface area contributed by atoms with Crippen molar-refractivity contribution in [2.24, 2.45) is 0 Å². The normalized spacial score (nSPS) is 10.6. The summed E-state index contributed by atoms with van der Waals surface area (Å²) in [5.74, 6) is 5.92. The van der Waals surface area contributed by atoms with E-state index in [1.807, 2.05) is 6.07 Å². The van der Waals surface area contributed by atoms with Gasteiger partial charge in [0.25, 0.3) is 0 Å². The van der Waals surface area contributed by atoms with E-state index in [1.165, 1.54) is 4.79 Å². The zero-order chi connectivity index (χ0) is 11.7. The van der Waals surface area contributed by atoms with E-state index in [9.17, 15) is 0 Å². The van der Waals surface area contributed by atoms with E-state index in [-0.39, 0.29) is 0 Å². The van der Waals surface area contributed by atoms with Crippen molar-refractivity contribution in [3.8, 4) is 0 Å². The predicted octanol–water partition coefficient (Wildman–Crippen LogP) is 0.679. The molecule has 3 heterocycles. The van der Waals surface area contributed by atoms with E-state index in [0.717, 1.165) is 16.6 Å². The first-order valence-corrected chi connectivity index (χ1v) is 4.95. The lowest BCUT2D eigenvalue weighted by Gasteiger charge is -2.02. The van der Waals surface area contributed by atoms with E-state index in [4.69, 9.17) is 5.84 Å². The molecule has 7 nitrogen and oxygen atoms in total.